The molecule has 0 aliphatic carbocycles. The number of fused-ring (bicyclic) bond motifs is 3. The van der Waals surface area contributed by atoms with E-state index in [2.05, 4.69) is 11.7 Å². The monoisotopic (exact) mass is 374 g/mol. The molecule has 3 rings (SSSR count). The van der Waals surface area contributed by atoms with Crippen LogP contribution in [-0.4, -0.2) is 42.5 Å². The molecule has 0 amide bonds. The molecule has 0 aromatic heterocycles. The molecule has 1 N–H and O–H groups in total. The lowest BCUT2D eigenvalue weighted by Gasteiger charge is -2.36. The van der Waals surface area contributed by atoms with E-state index in [1.165, 1.54) is 19.3 Å². The van der Waals surface area contributed by atoms with Crippen LogP contribution in [0.5, 0.6) is 5.75 Å². The number of rotatable bonds is 3. The van der Waals surface area contributed by atoms with Crippen molar-refractivity contribution < 1.29 is 28.9 Å². The van der Waals surface area contributed by atoms with E-state index < -0.39 is 18.0 Å². The number of aromatic hydroxyl groups is 1. The predicted molar refractivity (Wildman–Crippen MR) is 98.5 cm³/mol. The third-order valence-corrected chi connectivity index (χ3v) is 5.15. The van der Waals surface area contributed by atoms with E-state index in [9.17, 15) is 14.7 Å². The average Bonchev–Trinajstić information content (AvgIpc) is 2.60. The summed E-state index contributed by atoms with van der Waals surface area (Å²) in [5.74, 6) is -0.558. The number of phenols is 1. The number of benzene rings is 1. The third kappa shape index (κ3) is 4.89. The van der Waals surface area contributed by atoms with Gasteiger partial charge in [-0.2, -0.15) is 0 Å². The molecule has 1 aromatic rings. The quantitative estimate of drug-likeness (QED) is 0.646. The number of esters is 2. The van der Waals surface area contributed by atoms with Gasteiger partial charge in [-0.3, -0.25) is 0 Å². The molecule has 1 saturated heterocycles. The van der Waals surface area contributed by atoms with Crippen LogP contribution in [0.4, 0.5) is 0 Å². The summed E-state index contributed by atoms with van der Waals surface area (Å²) in [6.45, 7) is 2.20. The summed E-state index contributed by atoms with van der Waals surface area (Å²) >= 11 is 0. The Morgan fingerprint density at radius 3 is 2.85 bits per heavy atom. The van der Waals surface area contributed by atoms with Gasteiger partial charge >= 0.3 is 11.9 Å². The minimum atomic E-state index is -0.535. The van der Waals surface area contributed by atoms with E-state index in [0.717, 1.165) is 18.4 Å². The van der Waals surface area contributed by atoms with Crippen molar-refractivity contribution in [2.45, 2.75) is 57.3 Å². The fraction of sp³-hybridized carbons (Fsp3) is 0.524. The Labute approximate surface area is 159 Å². The van der Waals surface area contributed by atoms with E-state index >= 15 is 0 Å². The summed E-state index contributed by atoms with van der Waals surface area (Å²) < 4.78 is 16.5. The molecule has 1 aromatic carbocycles. The van der Waals surface area contributed by atoms with Gasteiger partial charge in [-0.25, -0.2) is 9.59 Å². The highest BCUT2D eigenvalue weighted by atomic mass is 16.5. The molecule has 0 saturated carbocycles. The van der Waals surface area contributed by atoms with Crippen molar-refractivity contribution in [3.05, 3.63) is 41.5 Å². The molecule has 1 fully saturated rings. The molecule has 0 spiro atoms. The first-order chi connectivity index (χ1) is 13.0. The molecule has 4 atom stereocenters. The van der Waals surface area contributed by atoms with Gasteiger partial charge in [0.25, 0.3) is 0 Å². The Bertz CT molecular complexity index is 725. The summed E-state index contributed by atoms with van der Waals surface area (Å²) in [5.41, 5.74) is 0.948. The molecule has 0 radical (unpaired) electrons. The molecular weight excluding hydrogens is 348 g/mol. The summed E-state index contributed by atoms with van der Waals surface area (Å²) in [6.07, 6.45) is 5.89. The van der Waals surface area contributed by atoms with Crippen molar-refractivity contribution in [1.29, 1.82) is 0 Å². The minimum Gasteiger partial charge on any atom is -0.507 e. The van der Waals surface area contributed by atoms with Gasteiger partial charge in [0.05, 0.1) is 19.3 Å². The van der Waals surface area contributed by atoms with Crippen LogP contribution in [0.3, 0.4) is 0 Å². The van der Waals surface area contributed by atoms with E-state index in [0.29, 0.717) is 25.2 Å². The van der Waals surface area contributed by atoms with Gasteiger partial charge in [0.1, 0.15) is 17.4 Å². The highest BCUT2D eigenvalue weighted by Gasteiger charge is 2.33. The molecule has 2 heterocycles. The van der Waals surface area contributed by atoms with Gasteiger partial charge in [-0.15, -0.1) is 0 Å². The lowest BCUT2D eigenvalue weighted by molar-refractivity contribution is -0.134. The van der Waals surface area contributed by atoms with Crippen molar-refractivity contribution in [1.82, 2.24) is 0 Å². The maximum atomic E-state index is 12.8. The zero-order valence-electron chi connectivity index (χ0n) is 15.7. The third-order valence-electron chi connectivity index (χ3n) is 5.15. The lowest BCUT2D eigenvalue weighted by atomic mass is 9.87. The number of carbonyl (C=O) groups is 2. The fourth-order valence-corrected chi connectivity index (χ4v) is 3.98. The van der Waals surface area contributed by atoms with Crippen LogP contribution in [-0.2, 0) is 25.4 Å². The Balaban J connectivity index is 1.88. The van der Waals surface area contributed by atoms with Crippen LogP contribution in [0.2, 0.25) is 0 Å². The van der Waals surface area contributed by atoms with Gasteiger partial charge in [-0.05, 0) is 36.8 Å². The van der Waals surface area contributed by atoms with E-state index in [4.69, 9.17) is 9.47 Å². The summed E-state index contributed by atoms with van der Waals surface area (Å²) in [7, 11) is 1.31. The molecule has 2 bridgehead atoms. The Morgan fingerprint density at radius 1 is 1.30 bits per heavy atom. The van der Waals surface area contributed by atoms with Crippen LogP contribution in [0, 0.1) is 5.92 Å². The van der Waals surface area contributed by atoms with Crippen LogP contribution < -0.4 is 0 Å². The maximum Gasteiger partial charge on any atom is 0.342 e. The van der Waals surface area contributed by atoms with Crippen LogP contribution in [0.25, 0.3) is 0 Å². The van der Waals surface area contributed by atoms with E-state index in [-0.39, 0.29) is 23.5 Å². The number of hydrogen-bond donors (Lipinski definition) is 1. The van der Waals surface area contributed by atoms with Crippen molar-refractivity contribution in [2.24, 2.45) is 5.92 Å². The zero-order chi connectivity index (χ0) is 19.4. The second kappa shape index (κ2) is 8.57. The van der Waals surface area contributed by atoms with Crippen LogP contribution in [0.1, 0.15) is 48.5 Å². The minimum absolute atomic E-state index is 0.00179. The zero-order valence-corrected chi connectivity index (χ0v) is 15.7. The largest absolute Gasteiger partial charge is 0.507 e. The normalized spacial score (nSPS) is 28.3. The Morgan fingerprint density at radius 2 is 2.07 bits per heavy atom. The number of ether oxygens (including phenoxy) is 3. The predicted octanol–water partition coefficient (Wildman–Crippen LogP) is 3.17. The van der Waals surface area contributed by atoms with Gasteiger partial charge < -0.3 is 19.3 Å². The number of hydrogen-bond acceptors (Lipinski definition) is 6. The van der Waals surface area contributed by atoms with Crippen molar-refractivity contribution in [2.75, 3.05) is 7.11 Å². The molecule has 6 nitrogen and oxygen atoms in total. The summed E-state index contributed by atoms with van der Waals surface area (Å²) in [4.78, 5) is 24.0. The molecule has 146 valence electrons. The first-order valence-corrected chi connectivity index (χ1v) is 9.38. The van der Waals surface area contributed by atoms with Gasteiger partial charge in [0, 0.05) is 18.9 Å². The number of methoxy groups -OCH3 is 1. The SMILES string of the molecule is COC(=O)/C=C/CC1CC2CC(C)CC(Cc3cccc(O)c3C(=O)O1)O2. The molecule has 2 aliphatic rings. The lowest BCUT2D eigenvalue weighted by Crippen LogP contribution is -2.37. The van der Waals surface area contributed by atoms with Gasteiger partial charge in [0.15, 0.2) is 0 Å². The number of carbonyl (C=O) groups excluding carboxylic acids is 2. The van der Waals surface area contributed by atoms with Crippen LogP contribution in [0.15, 0.2) is 30.4 Å². The molecule has 6 heteroatoms. The molecule has 2 aliphatic heterocycles. The van der Waals surface area contributed by atoms with E-state index in [1.54, 1.807) is 12.1 Å². The standard InChI is InChI=1S/C21H26O6/c1-13-9-16-11-14-5-3-7-18(22)20(14)21(24)27-15(12-17(10-13)26-16)6-4-8-19(23)25-2/h3-5,7-8,13,15-17,22H,6,9-12H2,1-2H3/b8-4+. The second-order valence-electron chi connectivity index (χ2n) is 7.40. The molecular formula is C21H26O6. The van der Waals surface area contributed by atoms with Gasteiger partial charge in [-0.1, -0.05) is 25.1 Å². The first kappa shape index (κ1) is 19.4. The van der Waals surface area contributed by atoms with Gasteiger partial charge in [0.2, 0.25) is 0 Å². The van der Waals surface area contributed by atoms with Crippen molar-refractivity contribution in [3.63, 3.8) is 0 Å². The fourth-order valence-electron chi connectivity index (χ4n) is 3.98. The van der Waals surface area contributed by atoms with Crippen molar-refractivity contribution >= 4 is 11.9 Å². The molecule has 27 heavy (non-hydrogen) atoms. The second-order valence-corrected chi connectivity index (χ2v) is 7.40. The highest BCUT2D eigenvalue weighted by Crippen LogP contribution is 2.33. The first-order valence-electron chi connectivity index (χ1n) is 9.38. The number of phenolic OH excluding ortho intramolecular Hbond substituents is 1. The summed E-state index contributed by atoms with van der Waals surface area (Å²) in [5, 5.41) is 10.2. The average molecular weight is 374 g/mol. The smallest absolute Gasteiger partial charge is 0.342 e. The Hall–Kier alpha value is -2.34. The topological polar surface area (TPSA) is 82.1 Å². The maximum absolute atomic E-state index is 12.8. The summed E-state index contributed by atoms with van der Waals surface area (Å²) in [6, 6.07) is 5.06. The van der Waals surface area contributed by atoms with E-state index in [1.807, 2.05) is 6.07 Å². The Kier molecular flexibility index (Phi) is 6.16. The molecule has 4 unspecified atom stereocenters. The highest BCUT2D eigenvalue weighted by molar-refractivity contribution is 5.94. The van der Waals surface area contributed by atoms with Crippen LogP contribution >= 0.6 is 0 Å². The van der Waals surface area contributed by atoms with Crippen molar-refractivity contribution in [3.8, 4) is 5.75 Å². The number of cyclic esters (lactones) is 1.